The lowest BCUT2D eigenvalue weighted by Crippen LogP contribution is -1.86. The van der Waals surface area contributed by atoms with Crippen LogP contribution in [0.2, 0.25) is 5.02 Å². The molecule has 1 N–H and O–H groups in total. The first-order valence-corrected chi connectivity index (χ1v) is 6.55. The van der Waals surface area contributed by atoms with Crippen LogP contribution in [-0.4, -0.2) is 5.11 Å². The fraction of sp³-hybridized carbons (Fsp3) is 0.571. The third kappa shape index (κ3) is 4.05. The summed E-state index contributed by atoms with van der Waals surface area (Å²) < 4.78 is 0. The molecule has 1 nitrogen and oxygen atoms in total. The molecule has 1 aromatic carbocycles. The average molecular weight is 243 g/mol. The van der Waals surface area contributed by atoms with Gasteiger partial charge in [-0.05, 0) is 48.9 Å². The molecule has 0 bridgehead atoms. The Hall–Kier alpha value is -0.690. The standard InChI is InChI=1S/C10H11ClO.2C2H6/c1-6-4-8(12)5-9(11)10(6)7-2-3-7;2*1-2/h4-5,7,12H,2-3H2,1H3;2*1-2H3. The molecule has 1 fully saturated rings. The van der Waals surface area contributed by atoms with Crippen molar-refractivity contribution in [3.8, 4) is 5.75 Å². The molecule has 0 spiro atoms. The maximum atomic E-state index is 9.24. The molecule has 92 valence electrons. The van der Waals surface area contributed by atoms with Gasteiger partial charge in [0.05, 0.1) is 0 Å². The molecule has 0 heterocycles. The van der Waals surface area contributed by atoms with Gasteiger partial charge in [0.15, 0.2) is 0 Å². The third-order valence-corrected chi connectivity index (χ3v) is 2.62. The maximum absolute atomic E-state index is 9.24. The van der Waals surface area contributed by atoms with Crippen molar-refractivity contribution in [3.63, 3.8) is 0 Å². The number of phenols is 1. The lowest BCUT2D eigenvalue weighted by molar-refractivity contribution is 0.474. The van der Waals surface area contributed by atoms with Gasteiger partial charge >= 0.3 is 0 Å². The summed E-state index contributed by atoms with van der Waals surface area (Å²) in [4.78, 5) is 0. The van der Waals surface area contributed by atoms with E-state index in [0.717, 1.165) is 10.6 Å². The Morgan fingerprint density at radius 1 is 1.12 bits per heavy atom. The second-order valence-electron chi connectivity index (χ2n) is 3.43. The van der Waals surface area contributed by atoms with Crippen molar-refractivity contribution in [1.29, 1.82) is 0 Å². The molecule has 2 rings (SSSR count). The van der Waals surface area contributed by atoms with E-state index in [1.807, 2.05) is 34.6 Å². The van der Waals surface area contributed by atoms with E-state index in [1.54, 1.807) is 12.1 Å². The molecule has 0 amide bonds. The fourth-order valence-electron chi connectivity index (χ4n) is 1.63. The molecule has 1 aliphatic carbocycles. The van der Waals surface area contributed by atoms with Crippen LogP contribution >= 0.6 is 11.6 Å². The van der Waals surface area contributed by atoms with Gasteiger partial charge in [-0.25, -0.2) is 0 Å². The average Bonchev–Trinajstić information content (AvgIpc) is 3.07. The highest BCUT2D eigenvalue weighted by molar-refractivity contribution is 6.31. The molecule has 16 heavy (non-hydrogen) atoms. The Balaban J connectivity index is 0.000000509. The summed E-state index contributed by atoms with van der Waals surface area (Å²) in [7, 11) is 0. The van der Waals surface area contributed by atoms with Crippen molar-refractivity contribution >= 4 is 11.6 Å². The van der Waals surface area contributed by atoms with E-state index in [2.05, 4.69) is 0 Å². The topological polar surface area (TPSA) is 20.2 Å². The predicted octanol–water partition coefficient (Wildman–Crippen LogP) is 5.28. The van der Waals surface area contributed by atoms with Crippen LogP contribution in [0.3, 0.4) is 0 Å². The first-order chi connectivity index (χ1) is 7.68. The normalized spacial score (nSPS) is 13.1. The lowest BCUT2D eigenvalue weighted by atomic mass is 10.0. The van der Waals surface area contributed by atoms with Crippen molar-refractivity contribution < 1.29 is 5.11 Å². The Morgan fingerprint density at radius 3 is 2.00 bits per heavy atom. The van der Waals surface area contributed by atoms with Gasteiger partial charge in [0.1, 0.15) is 5.75 Å². The molecule has 0 unspecified atom stereocenters. The van der Waals surface area contributed by atoms with Gasteiger partial charge < -0.3 is 5.11 Å². The van der Waals surface area contributed by atoms with E-state index >= 15 is 0 Å². The van der Waals surface area contributed by atoms with Gasteiger partial charge in [0.2, 0.25) is 0 Å². The molecule has 1 aliphatic rings. The summed E-state index contributed by atoms with van der Waals surface area (Å²) in [5.74, 6) is 0.917. The molecule has 0 aliphatic heterocycles. The van der Waals surface area contributed by atoms with E-state index < -0.39 is 0 Å². The molecule has 2 heteroatoms. The van der Waals surface area contributed by atoms with Gasteiger partial charge in [-0.2, -0.15) is 0 Å². The first kappa shape index (κ1) is 15.3. The number of phenolic OH excluding ortho intramolecular Hbond substituents is 1. The first-order valence-electron chi connectivity index (χ1n) is 6.17. The van der Waals surface area contributed by atoms with Gasteiger partial charge in [-0.1, -0.05) is 39.3 Å². The summed E-state index contributed by atoms with van der Waals surface area (Å²) >= 11 is 6.01. The lowest BCUT2D eigenvalue weighted by Gasteiger charge is -2.06. The van der Waals surface area contributed by atoms with E-state index in [1.165, 1.54) is 18.4 Å². The quantitative estimate of drug-likeness (QED) is 0.710. The van der Waals surface area contributed by atoms with Crippen molar-refractivity contribution in [2.75, 3.05) is 0 Å². The molecule has 1 aromatic rings. The van der Waals surface area contributed by atoms with Gasteiger partial charge in [0.25, 0.3) is 0 Å². The highest BCUT2D eigenvalue weighted by Gasteiger charge is 2.27. The molecule has 1 saturated carbocycles. The van der Waals surface area contributed by atoms with Crippen molar-refractivity contribution in [2.45, 2.75) is 53.4 Å². The minimum Gasteiger partial charge on any atom is -0.508 e. The fourth-order valence-corrected chi connectivity index (χ4v) is 2.04. The molecular formula is C14H23ClO. The van der Waals surface area contributed by atoms with Crippen molar-refractivity contribution in [2.24, 2.45) is 0 Å². The van der Waals surface area contributed by atoms with Crippen LogP contribution in [0.25, 0.3) is 0 Å². The zero-order chi connectivity index (χ0) is 12.7. The van der Waals surface area contributed by atoms with E-state index in [4.69, 9.17) is 11.6 Å². The van der Waals surface area contributed by atoms with E-state index in [9.17, 15) is 5.11 Å². The number of aryl methyl sites for hydroxylation is 1. The maximum Gasteiger partial charge on any atom is 0.117 e. The number of benzene rings is 1. The summed E-state index contributed by atoms with van der Waals surface area (Å²) in [6.07, 6.45) is 2.48. The highest BCUT2D eigenvalue weighted by Crippen LogP contribution is 2.45. The van der Waals surface area contributed by atoms with Crippen LogP contribution in [0.15, 0.2) is 12.1 Å². The van der Waals surface area contributed by atoms with Crippen LogP contribution < -0.4 is 0 Å². The largest absolute Gasteiger partial charge is 0.508 e. The summed E-state index contributed by atoms with van der Waals surface area (Å²) in [5.41, 5.74) is 2.34. The number of halogens is 1. The second-order valence-corrected chi connectivity index (χ2v) is 3.84. The Kier molecular flexibility index (Phi) is 7.24. The van der Waals surface area contributed by atoms with Crippen molar-refractivity contribution in [1.82, 2.24) is 0 Å². The number of rotatable bonds is 1. The molecule has 0 atom stereocenters. The van der Waals surface area contributed by atoms with Gasteiger partial charge in [-0.3, -0.25) is 0 Å². The van der Waals surface area contributed by atoms with Crippen LogP contribution in [0.4, 0.5) is 0 Å². The van der Waals surface area contributed by atoms with E-state index in [-0.39, 0.29) is 5.75 Å². The molecule has 0 aromatic heterocycles. The highest BCUT2D eigenvalue weighted by atomic mass is 35.5. The van der Waals surface area contributed by atoms with Gasteiger partial charge in [0, 0.05) is 5.02 Å². The molecule has 0 radical (unpaired) electrons. The molecule has 0 saturated heterocycles. The number of hydrogen-bond acceptors (Lipinski definition) is 1. The van der Waals surface area contributed by atoms with Crippen molar-refractivity contribution in [3.05, 3.63) is 28.3 Å². The zero-order valence-corrected chi connectivity index (χ0v) is 11.7. The van der Waals surface area contributed by atoms with Crippen LogP contribution in [0.1, 0.15) is 57.6 Å². The van der Waals surface area contributed by atoms with Crippen LogP contribution in [0.5, 0.6) is 5.75 Å². The minimum absolute atomic E-state index is 0.266. The number of aromatic hydroxyl groups is 1. The predicted molar refractivity (Wildman–Crippen MR) is 72.5 cm³/mol. The Morgan fingerprint density at radius 2 is 1.62 bits per heavy atom. The van der Waals surface area contributed by atoms with E-state index in [0.29, 0.717) is 5.92 Å². The SMILES string of the molecule is CC.CC.Cc1cc(O)cc(Cl)c1C1CC1. The minimum atomic E-state index is 0.266. The van der Waals surface area contributed by atoms with Crippen LogP contribution in [-0.2, 0) is 0 Å². The Labute approximate surface area is 104 Å². The smallest absolute Gasteiger partial charge is 0.117 e. The molecular weight excluding hydrogens is 220 g/mol. The monoisotopic (exact) mass is 242 g/mol. The summed E-state index contributed by atoms with van der Waals surface area (Å²) in [6.45, 7) is 10.00. The third-order valence-electron chi connectivity index (χ3n) is 2.31. The Bertz CT molecular complexity index is 294. The summed E-state index contributed by atoms with van der Waals surface area (Å²) in [6, 6.07) is 3.40. The zero-order valence-electron chi connectivity index (χ0n) is 11.0. The summed E-state index contributed by atoms with van der Waals surface area (Å²) in [5, 5.41) is 9.95. The second kappa shape index (κ2) is 7.56. The van der Waals surface area contributed by atoms with Crippen LogP contribution in [0, 0.1) is 6.92 Å². The van der Waals surface area contributed by atoms with Gasteiger partial charge in [-0.15, -0.1) is 0 Å². The number of hydrogen-bond donors (Lipinski definition) is 1.